The fourth-order valence-corrected chi connectivity index (χ4v) is 2.83. The zero-order valence-electron chi connectivity index (χ0n) is 10.3. The van der Waals surface area contributed by atoms with E-state index in [0.717, 1.165) is 19.6 Å². The summed E-state index contributed by atoms with van der Waals surface area (Å²) in [5, 5.41) is 4.36. The second-order valence-corrected chi connectivity index (χ2v) is 4.64. The Morgan fingerprint density at radius 1 is 1.56 bits per heavy atom. The topological polar surface area (TPSA) is 47.1 Å². The molecular formula is C12H22N4. The molecule has 2 atom stereocenters. The summed E-state index contributed by atoms with van der Waals surface area (Å²) in [6.45, 7) is 5.00. The van der Waals surface area contributed by atoms with Gasteiger partial charge in [-0.2, -0.15) is 5.10 Å². The lowest BCUT2D eigenvalue weighted by molar-refractivity contribution is 0.118. The van der Waals surface area contributed by atoms with Gasteiger partial charge in [0.25, 0.3) is 0 Å². The summed E-state index contributed by atoms with van der Waals surface area (Å²) in [4.78, 5) is 2.42. The molecule has 0 saturated carbocycles. The largest absolute Gasteiger partial charge is 0.330 e. The molecule has 0 spiro atoms. The van der Waals surface area contributed by atoms with Gasteiger partial charge in [0, 0.05) is 12.7 Å². The van der Waals surface area contributed by atoms with E-state index in [1.54, 1.807) is 0 Å². The average molecular weight is 222 g/mol. The van der Waals surface area contributed by atoms with E-state index in [9.17, 15) is 0 Å². The minimum Gasteiger partial charge on any atom is -0.330 e. The van der Waals surface area contributed by atoms with Crippen LogP contribution in [0.1, 0.15) is 31.5 Å². The Morgan fingerprint density at radius 2 is 2.38 bits per heavy atom. The number of nitrogens with zero attached hydrogens (tertiary/aromatic N) is 3. The predicted octanol–water partition coefficient (Wildman–Crippen LogP) is 1.24. The quantitative estimate of drug-likeness (QED) is 0.837. The molecule has 0 bridgehead atoms. The van der Waals surface area contributed by atoms with Gasteiger partial charge in [0.2, 0.25) is 0 Å². The van der Waals surface area contributed by atoms with Crippen LogP contribution in [-0.4, -0.2) is 34.8 Å². The minimum atomic E-state index is 0.446. The number of aromatic nitrogens is 2. The lowest BCUT2D eigenvalue weighted by Crippen LogP contribution is -2.40. The van der Waals surface area contributed by atoms with E-state index < -0.39 is 0 Å². The van der Waals surface area contributed by atoms with Crippen LogP contribution in [0, 0.1) is 5.92 Å². The summed E-state index contributed by atoms with van der Waals surface area (Å²) in [5.74, 6) is 0.570. The van der Waals surface area contributed by atoms with Crippen LogP contribution in [0.15, 0.2) is 12.3 Å². The Bertz CT molecular complexity index is 334. The highest BCUT2D eigenvalue weighted by molar-refractivity contribution is 5.10. The van der Waals surface area contributed by atoms with Crippen LogP contribution in [0.5, 0.6) is 0 Å². The average Bonchev–Trinajstić information content (AvgIpc) is 2.76. The third-order valence-corrected chi connectivity index (χ3v) is 3.66. The maximum atomic E-state index is 5.90. The number of likely N-dealkylation sites (tertiary alicyclic amines) is 1. The van der Waals surface area contributed by atoms with Crippen molar-refractivity contribution in [1.29, 1.82) is 0 Å². The Labute approximate surface area is 97.4 Å². The first-order chi connectivity index (χ1) is 7.77. The van der Waals surface area contributed by atoms with Gasteiger partial charge in [-0.3, -0.25) is 9.58 Å². The van der Waals surface area contributed by atoms with Crippen molar-refractivity contribution in [3.05, 3.63) is 18.0 Å². The van der Waals surface area contributed by atoms with E-state index in [-0.39, 0.29) is 0 Å². The highest BCUT2D eigenvalue weighted by atomic mass is 15.3. The third kappa shape index (κ3) is 1.99. The summed E-state index contributed by atoms with van der Waals surface area (Å²) in [6, 6.07) is 2.58. The molecule has 2 rings (SSSR count). The van der Waals surface area contributed by atoms with Crippen molar-refractivity contribution in [2.75, 3.05) is 20.1 Å². The van der Waals surface area contributed by atoms with Gasteiger partial charge in [-0.25, -0.2) is 0 Å². The number of nitrogens with two attached hydrogens (primary N) is 1. The lowest BCUT2D eigenvalue weighted by atomic mass is 9.87. The molecular weight excluding hydrogens is 200 g/mol. The van der Waals surface area contributed by atoms with Crippen molar-refractivity contribution in [2.24, 2.45) is 11.7 Å². The van der Waals surface area contributed by atoms with E-state index in [4.69, 9.17) is 5.73 Å². The van der Waals surface area contributed by atoms with Gasteiger partial charge in [-0.15, -0.1) is 0 Å². The highest BCUT2D eigenvalue weighted by Crippen LogP contribution is 2.34. The first-order valence-corrected chi connectivity index (χ1v) is 6.20. The molecule has 1 aromatic heterocycles. The van der Waals surface area contributed by atoms with Crippen molar-refractivity contribution in [2.45, 2.75) is 32.4 Å². The molecule has 4 nitrogen and oxygen atoms in total. The predicted molar refractivity (Wildman–Crippen MR) is 65.1 cm³/mol. The number of hydrogen-bond acceptors (Lipinski definition) is 3. The zero-order chi connectivity index (χ0) is 11.5. The smallest absolute Gasteiger partial charge is 0.0558 e. The molecule has 1 fully saturated rings. The summed E-state index contributed by atoms with van der Waals surface area (Å²) >= 11 is 0. The molecule has 90 valence electrons. The minimum absolute atomic E-state index is 0.446. The molecule has 0 amide bonds. The molecule has 0 radical (unpaired) electrons. The van der Waals surface area contributed by atoms with Crippen LogP contribution >= 0.6 is 0 Å². The first kappa shape index (κ1) is 11.6. The van der Waals surface area contributed by atoms with E-state index in [1.807, 2.05) is 6.20 Å². The van der Waals surface area contributed by atoms with E-state index in [1.165, 1.54) is 18.5 Å². The van der Waals surface area contributed by atoms with Crippen LogP contribution in [0.3, 0.4) is 0 Å². The molecule has 2 heterocycles. The van der Waals surface area contributed by atoms with Crippen molar-refractivity contribution >= 4 is 0 Å². The van der Waals surface area contributed by atoms with Gasteiger partial charge in [-0.1, -0.05) is 0 Å². The standard InChI is InChI=1S/C12H22N4/c1-3-16-11(6-7-14-16)12-10(9-13)5-4-8-15(12)2/h6-7,10,12H,3-5,8-9,13H2,1-2H3. The Balaban J connectivity index is 2.28. The van der Waals surface area contributed by atoms with Gasteiger partial charge in [0.05, 0.1) is 11.7 Å². The number of hydrogen-bond donors (Lipinski definition) is 1. The van der Waals surface area contributed by atoms with Crippen LogP contribution in [-0.2, 0) is 6.54 Å². The first-order valence-electron chi connectivity index (χ1n) is 6.20. The molecule has 4 heteroatoms. The molecule has 1 aliphatic heterocycles. The van der Waals surface area contributed by atoms with Crippen molar-refractivity contribution < 1.29 is 0 Å². The van der Waals surface area contributed by atoms with E-state index >= 15 is 0 Å². The molecule has 1 saturated heterocycles. The Hall–Kier alpha value is -0.870. The zero-order valence-corrected chi connectivity index (χ0v) is 10.3. The van der Waals surface area contributed by atoms with Crippen LogP contribution in [0.25, 0.3) is 0 Å². The second kappa shape index (κ2) is 4.97. The summed E-state index contributed by atoms with van der Waals surface area (Å²) in [6.07, 6.45) is 4.39. The van der Waals surface area contributed by atoms with Gasteiger partial charge >= 0.3 is 0 Å². The normalized spacial score (nSPS) is 27.2. The van der Waals surface area contributed by atoms with Gasteiger partial charge < -0.3 is 5.73 Å². The number of aryl methyl sites for hydroxylation is 1. The van der Waals surface area contributed by atoms with Gasteiger partial charge in [-0.05, 0) is 51.9 Å². The summed E-state index contributed by atoms with van der Waals surface area (Å²) in [5.41, 5.74) is 7.22. The molecule has 1 aromatic rings. The molecule has 1 aliphatic rings. The van der Waals surface area contributed by atoms with Crippen molar-refractivity contribution in [3.63, 3.8) is 0 Å². The van der Waals surface area contributed by atoms with Crippen LogP contribution in [0.2, 0.25) is 0 Å². The maximum absolute atomic E-state index is 5.90. The monoisotopic (exact) mass is 222 g/mol. The fraction of sp³-hybridized carbons (Fsp3) is 0.750. The molecule has 2 N–H and O–H groups in total. The third-order valence-electron chi connectivity index (χ3n) is 3.66. The van der Waals surface area contributed by atoms with Crippen molar-refractivity contribution in [3.8, 4) is 0 Å². The Kier molecular flexibility index (Phi) is 3.61. The summed E-state index contributed by atoms with van der Waals surface area (Å²) in [7, 11) is 2.19. The molecule has 0 aliphatic carbocycles. The van der Waals surface area contributed by atoms with Crippen molar-refractivity contribution in [1.82, 2.24) is 14.7 Å². The second-order valence-electron chi connectivity index (χ2n) is 4.64. The number of piperidine rings is 1. The SMILES string of the molecule is CCn1nccc1C1C(CN)CCCN1C. The highest BCUT2D eigenvalue weighted by Gasteiger charge is 2.31. The Morgan fingerprint density at radius 3 is 3.06 bits per heavy atom. The van der Waals surface area contributed by atoms with Crippen LogP contribution < -0.4 is 5.73 Å². The van der Waals surface area contributed by atoms with E-state index in [2.05, 4.69) is 34.7 Å². The lowest BCUT2D eigenvalue weighted by Gasteiger charge is -2.38. The fourth-order valence-electron chi connectivity index (χ4n) is 2.83. The number of rotatable bonds is 3. The molecule has 16 heavy (non-hydrogen) atoms. The summed E-state index contributed by atoms with van der Waals surface area (Å²) < 4.78 is 2.09. The maximum Gasteiger partial charge on any atom is 0.0558 e. The van der Waals surface area contributed by atoms with Crippen LogP contribution in [0.4, 0.5) is 0 Å². The van der Waals surface area contributed by atoms with E-state index in [0.29, 0.717) is 12.0 Å². The van der Waals surface area contributed by atoms with Gasteiger partial charge in [0.1, 0.15) is 0 Å². The molecule has 0 aromatic carbocycles. The molecule has 2 unspecified atom stereocenters. The van der Waals surface area contributed by atoms with Gasteiger partial charge in [0.15, 0.2) is 0 Å².